The summed E-state index contributed by atoms with van der Waals surface area (Å²) >= 11 is 0. The zero-order valence-electron chi connectivity index (χ0n) is 11.5. The van der Waals surface area contributed by atoms with Gasteiger partial charge in [0.25, 0.3) is 0 Å². The molecule has 1 heterocycles. The first kappa shape index (κ1) is 14.0. The molecule has 0 aromatic heterocycles. The van der Waals surface area contributed by atoms with E-state index in [4.69, 9.17) is 0 Å². The van der Waals surface area contributed by atoms with E-state index in [0.29, 0.717) is 0 Å². The van der Waals surface area contributed by atoms with Crippen LogP contribution in [0.2, 0.25) is 0 Å². The van der Waals surface area contributed by atoms with E-state index in [0.717, 1.165) is 12.0 Å². The lowest BCUT2D eigenvalue weighted by atomic mass is 10.0. The first-order chi connectivity index (χ1) is 7.76. The van der Waals surface area contributed by atoms with Crippen LogP contribution in [0.5, 0.6) is 0 Å². The van der Waals surface area contributed by atoms with E-state index in [1.165, 1.54) is 58.3 Å². The molecular weight excluding hydrogens is 196 g/mol. The summed E-state index contributed by atoms with van der Waals surface area (Å²) in [6.07, 6.45) is 6.71. The van der Waals surface area contributed by atoms with Crippen LogP contribution in [0.15, 0.2) is 0 Å². The second kappa shape index (κ2) is 8.08. The van der Waals surface area contributed by atoms with Crippen LogP contribution in [0.4, 0.5) is 0 Å². The minimum atomic E-state index is 0.747. The van der Waals surface area contributed by atoms with Crippen molar-refractivity contribution in [1.29, 1.82) is 0 Å². The summed E-state index contributed by atoms with van der Waals surface area (Å²) in [6, 6.07) is 0.747. The van der Waals surface area contributed by atoms with Gasteiger partial charge >= 0.3 is 0 Å². The van der Waals surface area contributed by atoms with Gasteiger partial charge in [0.2, 0.25) is 0 Å². The molecule has 2 unspecified atom stereocenters. The van der Waals surface area contributed by atoms with E-state index in [-0.39, 0.29) is 0 Å². The predicted octanol–water partition coefficient (Wildman–Crippen LogP) is 2.89. The van der Waals surface area contributed by atoms with Crippen LogP contribution in [0.1, 0.15) is 52.9 Å². The standard InChI is InChI=1S/C14H30N2/c1-4-6-7-9-16-10-8-14(5-2)15-11-13(3)12-16/h13-15H,4-12H2,1-3H3. The SMILES string of the molecule is CCCCCN1CCC(CC)NCC(C)C1. The maximum absolute atomic E-state index is 3.68. The number of hydrogen-bond acceptors (Lipinski definition) is 2. The molecule has 0 aromatic carbocycles. The van der Waals surface area contributed by atoms with Gasteiger partial charge in [0.05, 0.1) is 0 Å². The zero-order valence-corrected chi connectivity index (χ0v) is 11.5. The van der Waals surface area contributed by atoms with Crippen LogP contribution in [-0.2, 0) is 0 Å². The number of nitrogens with one attached hydrogen (secondary N) is 1. The maximum Gasteiger partial charge on any atom is 0.00767 e. The summed E-state index contributed by atoms with van der Waals surface area (Å²) in [5.41, 5.74) is 0. The topological polar surface area (TPSA) is 15.3 Å². The quantitative estimate of drug-likeness (QED) is 0.725. The average molecular weight is 226 g/mol. The number of unbranched alkanes of at least 4 members (excludes halogenated alkanes) is 2. The Balaban J connectivity index is 2.31. The lowest BCUT2D eigenvalue weighted by molar-refractivity contribution is 0.194. The molecule has 2 nitrogen and oxygen atoms in total. The van der Waals surface area contributed by atoms with E-state index in [2.05, 4.69) is 31.0 Å². The summed E-state index contributed by atoms with van der Waals surface area (Å²) in [4.78, 5) is 2.68. The second-order valence-electron chi connectivity index (χ2n) is 5.41. The Kier molecular flexibility index (Phi) is 7.06. The summed E-state index contributed by atoms with van der Waals surface area (Å²) in [7, 11) is 0. The Bertz CT molecular complexity index is 170. The van der Waals surface area contributed by atoms with E-state index in [1.54, 1.807) is 0 Å². The van der Waals surface area contributed by atoms with E-state index in [1.807, 2.05) is 0 Å². The molecule has 1 fully saturated rings. The van der Waals surface area contributed by atoms with Crippen molar-refractivity contribution in [3.8, 4) is 0 Å². The minimum absolute atomic E-state index is 0.747. The predicted molar refractivity (Wildman–Crippen MR) is 71.8 cm³/mol. The highest BCUT2D eigenvalue weighted by Gasteiger charge is 2.17. The monoisotopic (exact) mass is 226 g/mol. The Morgan fingerprint density at radius 2 is 2.06 bits per heavy atom. The Morgan fingerprint density at radius 3 is 2.75 bits per heavy atom. The fourth-order valence-corrected chi connectivity index (χ4v) is 2.54. The van der Waals surface area contributed by atoms with Gasteiger partial charge in [0.15, 0.2) is 0 Å². The summed E-state index contributed by atoms with van der Waals surface area (Å²) < 4.78 is 0. The van der Waals surface area contributed by atoms with Gasteiger partial charge in [-0.1, -0.05) is 33.6 Å². The van der Waals surface area contributed by atoms with Crippen LogP contribution >= 0.6 is 0 Å². The van der Waals surface area contributed by atoms with Crippen LogP contribution in [0.25, 0.3) is 0 Å². The molecular formula is C14H30N2. The van der Waals surface area contributed by atoms with E-state index >= 15 is 0 Å². The molecule has 0 aliphatic carbocycles. The molecule has 2 heteroatoms. The van der Waals surface area contributed by atoms with E-state index in [9.17, 15) is 0 Å². The smallest absolute Gasteiger partial charge is 0.00767 e. The van der Waals surface area contributed by atoms with Gasteiger partial charge in [-0.15, -0.1) is 0 Å². The van der Waals surface area contributed by atoms with Crippen molar-refractivity contribution < 1.29 is 0 Å². The molecule has 0 radical (unpaired) electrons. The van der Waals surface area contributed by atoms with Gasteiger partial charge in [-0.3, -0.25) is 0 Å². The number of nitrogens with zero attached hydrogens (tertiary/aromatic N) is 1. The molecule has 1 N–H and O–H groups in total. The van der Waals surface area contributed by atoms with Crippen molar-refractivity contribution in [3.05, 3.63) is 0 Å². The molecule has 96 valence electrons. The fraction of sp³-hybridized carbons (Fsp3) is 1.00. The second-order valence-corrected chi connectivity index (χ2v) is 5.41. The van der Waals surface area contributed by atoms with Gasteiger partial charge in [0, 0.05) is 12.6 Å². The lowest BCUT2D eigenvalue weighted by Gasteiger charge is -2.32. The minimum Gasteiger partial charge on any atom is -0.314 e. The maximum atomic E-state index is 3.68. The van der Waals surface area contributed by atoms with Crippen LogP contribution in [-0.4, -0.2) is 37.1 Å². The zero-order chi connectivity index (χ0) is 11.8. The van der Waals surface area contributed by atoms with Gasteiger partial charge in [0.1, 0.15) is 0 Å². The molecule has 0 aromatic rings. The molecule has 2 atom stereocenters. The summed E-state index contributed by atoms with van der Waals surface area (Å²) in [6.45, 7) is 12.0. The largest absolute Gasteiger partial charge is 0.314 e. The molecule has 1 aliphatic rings. The first-order valence-electron chi connectivity index (χ1n) is 7.22. The highest BCUT2D eigenvalue weighted by Crippen LogP contribution is 2.10. The van der Waals surface area contributed by atoms with Crippen LogP contribution in [0.3, 0.4) is 0 Å². The van der Waals surface area contributed by atoms with Crippen molar-refractivity contribution in [1.82, 2.24) is 10.2 Å². The molecule has 0 amide bonds. The molecule has 16 heavy (non-hydrogen) atoms. The Morgan fingerprint density at radius 1 is 1.25 bits per heavy atom. The molecule has 0 spiro atoms. The molecule has 0 bridgehead atoms. The van der Waals surface area contributed by atoms with Crippen molar-refractivity contribution in [3.63, 3.8) is 0 Å². The van der Waals surface area contributed by atoms with Crippen molar-refractivity contribution >= 4 is 0 Å². The van der Waals surface area contributed by atoms with Crippen molar-refractivity contribution in [2.24, 2.45) is 5.92 Å². The highest BCUT2D eigenvalue weighted by molar-refractivity contribution is 4.75. The average Bonchev–Trinajstić information content (AvgIpc) is 2.26. The number of rotatable bonds is 5. The highest BCUT2D eigenvalue weighted by atomic mass is 15.1. The van der Waals surface area contributed by atoms with Gasteiger partial charge in [-0.2, -0.15) is 0 Å². The van der Waals surface area contributed by atoms with Crippen molar-refractivity contribution in [2.45, 2.75) is 58.9 Å². The molecule has 1 aliphatic heterocycles. The normalized spacial score (nSPS) is 28.7. The van der Waals surface area contributed by atoms with Gasteiger partial charge in [-0.05, 0) is 44.8 Å². The van der Waals surface area contributed by atoms with Crippen LogP contribution < -0.4 is 5.32 Å². The fourth-order valence-electron chi connectivity index (χ4n) is 2.54. The third-order valence-electron chi connectivity index (χ3n) is 3.69. The molecule has 1 saturated heterocycles. The molecule has 1 rings (SSSR count). The summed E-state index contributed by atoms with van der Waals surface area (Å²) in [5, 5.41) is 3.68. The molecule has 0 saturated carbocycles. The first-order valence-corrected chi connectivity index (χ1v) is 7.22. The third-order valence-corrected chi connectivity index (χ3v) is 3.69. The number of hydrogen-bond donors (Lipinski definition) is 1. The van der Waals surface area contributed by atoms with Crippen molar-refractivity contribution in [2.75, 3.05) is 26.2 Å². The van der Waals surface area contributed by atoms with Gasteiger partial charge < -0.3 is 10.2 Å². The Hall–Kier alpha value is -0.0800. The van der Waals surface area contributed by atoms with E-state index < -0.39 is 0 Å². The lowest BCUT2D eigenvalue weighted by Crippen LogP contribution is -2.43. The third kappa shape index (κ3) is 5.31. The Labute approximate surface area is 102 Å². The summed E-state index contributed by atoms with van der Waals surface area (Å²) in [5.74, 6) is 0.802. The van der Waals surface area contributed by atoms with Crippen LogP contribution in [0, 0.1) is 5.92 Å². The van der Waals surface area contributed by atoms with Gasteiger partial charge in [-0.25, -0.2) is 0 Å².